The largest absolute Gasteiger partial charge is 3.00 e. The number of nitrogens with zero attached hydrogens (tertiary/aromatic N) is 5. The molecular formula is C36H46CoN5. The maximum absolute atomic E-state index is 5.06. The van der Waals surface area contributed by atoms with E-state index in [1.165, 1.54) is 33.6 Å². The van der Waals surface area contributed by atoms with Crippen molar-refractivity contribution in [2.45, 2.75) is 79.1 Å². The van der Waals surface area contributed by atoms with Gasteiger partial charge in [0.1, 0.15) is 11.6 Å². The molecule has 0 N–H and O–H groups in total. The average Bonchev–Trinajstić information content (AvgIpc) is 3.63. The van der Waals surface area contributed by atoms with Crippen LogP contribution in [0, 0.1) is 20.8 Å². The van der Waals surface area contributed by atoms with E-state index >= 15 is 0 Å². The van der Waals surface area contributed by atoms with E-state index in [0.29, 0.717) is 23.7 Å². The Hall–Kier alpha value is -3.22. The zero-order valence-electron chi connectivity index (χ0n) is 26.5. The molecule has 0 saturated carbocycles. The van der Waals surface area contributed by atoms with Gasteiger partial charge < -0.3 is 27.0 Å². The van der Waals surface area contributed by atoms with Gasteiger partial charge in [-0.2, -0.15) is 0 Å². The van der Waals surface area contributed by atoms with Crippen molar-refractivity contribution in [1.82, 2.24) is 4.98 Å². The van der Waals surface area contributed by atoms with Gasteiger partial charge in [0.15, 0.2) is 0 Å². The number of hydrogen-bond acceptors (Lipinski definition) is 5. The van der Waals surface area contributed by atoms with Crippen LogP contribution >= 0.6 is 0 Å². The van der Waals surface area contributed by atoms with E-state index in [1.54, 1.807) is 0 Å². The molecule has 5 nitrogen and oxygen atoms in total. The first-order chi connectivity index (χ1) is 19.2. The van der Waals surface area contributed by atoms with Crippen LogP contribution < -0.4 is 19.6 Å². The van der Waals surface area contributed by atoms with Crippen LogP contribution in [-0.4, -0.2) is 4.98 Å². The van der Waals surface area contributed by atoms with Gasteiger partial charge >= 0.3 is 16.8 Å². The summed E-state index contributed by atoms with van der Waals surface area (Å²) >= 11 is 0. The van der Waals surface area contributed by atoms with Crippen LogP contribution in [0.1, 0.15) is 101 Å². The number of pyridine rings is 1. The van der Waals surface area contributed by atoms with Crippen LogP contribution in [0.4, 0.5) is 23.0 Å². The smallest absolute Gasteiger partial charge is 0.479 e. The van der Waals surface area contributed by atoms with E-state index in [9.17, 15) is 0 Å². The molecule has 0 radical (unpaired) electrons. The summed E-state index contributed by atoms with van der Waals surface area (Å²) in [6.07, 6.45) is 8.47. The normalized spacial score (nSPS) is 14.6. The fourth-order valence-electron chi connectivity index (χ4n) is 5.56. The Labute approximate surface area is 265 Å². The second-order valence-corrected chi connectivity index (χ2v) is 12.0. The van der Waals surface area contributed by atoms with Crippen LogP contribution in [0.25, 0.3) is 0 Å². The van der Waals surface area contributed by atoms with E-state index < -0.39 is 0 Å². The maximum atomic E-state index is 5.06. The second kappa shape index (κ2) is 13.8. The standard InChI is InChI=1S/C35H43N5.CH3.Co/c1-24(2)28-12-9-13-29(25(3)4)34(28)39-20-18-37(22-39)32-16-11-17-33(36-32)38-19-21-40(23-38)35-30(26(5)6)14-10-15-31(35)27(7)8;;/h9-27H,1-8H3;1H3;/q-2;-1;+3. The van der Waals surface area contributed by atoms with Crippen molar-refractivity contribution < 1.29 is 16.8 Å². The SMILES string of the molecule is CC(C)c1cccc(C(C)C)c1N1C=CN(c2cccc(N3C=CN(c4c(C(C)C)cccc4C(C)C)[CH-]3)n2)[CH-]1.[CH3-].[Co+3]. The molecule has 0 spiro atoms. The molecule has 0 amide bonds. The van der Waals surface area contributed by atoms with Crippen molar-refractivity contribution in [3.63, 3.8) is 0 Å². The quantitative estimate of drug-likeness (QED) is 0.238. The zero-order valence-corrected chi connectivity index (χ0v) is 27.6. The molecule has 0 unspecified atom stereocenters. The Morgan fingerprint density at radius 1 is 0.476 bits per heavy atom. The number of hydrogen-bond donors (Lipinski definition) is 0. The first-order valence-electron chi connectivity index (χ1n) is 14.6. The Balaban J connectivity index is 0.00000242. The molecule has 0 bridgehead atoms. The van der Waals surface area contributed by atoms with Crippen molar-refractivity contribution in [2.24, 2.45) is 0 Å². The summed E-state index contributed by atoms with van der Waals surface area (Å²) in [6.45, 7) is 22.4. The number of rotatable bonds is 8. The van der Waals surface area contributed by atoms with E-state index in [-0.39, 0.29) is 24.2 Å². The minimum absolute atomic E-state index is 0. The fraction of sp³-hybridized carbons (Fsp3) is 0.333. The third-order valence-corrected chi connectivity index (χ3v) is 7.72. The predicted octanol–water partition coefficient (Wildman–Crippen LogP) is 9.86. The minimum Gasteiger partial charge on any atom is -0.479 e. The van der Waals surface area contributed by atoms with Crippen LogP contribution in [0.15, 0.2) is 79.4 Å². The number of anilines is 4. The molecule has 6 heteroatoms. The molecule has 3 aromatic rings. The maximum Gasteiger partial charge on any atom is 3.00 e. The van der Waals surface area contributed by atoms with Crippen molar-refractivity contribution in [1.29, 1.82) is 0 Å². The Morgan fingerprint density at radius 2 is 0.762 bits per heavy atom. The van der Waals surface area contributed by atoms with Crippen molar-refractivity contribution in [2.75, 3.05) is 19.6 Å². The monoisotopic (exact) mass is 607 g/mol. The molecule has 0 aliphatic carbocycles. The molecule has 2 aliphatic rings. The Morgan fingerprint density at radius 3 is 1.07 bits per heavy atom. The van der Waals surface area contributed by atoms with Gasteiger partial charge in [0.2, 0.25) is 0 Å². The van der Waals surface area contributed by atoms with Gasteiger partial charge in [0.25, 0.3) is 0 Å². The van der Waals surface area contributed by atoms with Gasteiger partial charge in [-0.3, -0.25) is 0 Å². The number of benzene rings is 2. The molecule has 1 aromatic heterocycles. The van der Waals surface area contributed by atoms with Crippen LogP contribution in [0.3, 0.4) is 0 Å². The summed E-state index contributed by atoms with van der Waals surface area (Å²) in [7, 11) is 0. The Bertz CT molecular complexity index is 1250. The molecule has 0 atom stereocenters. The van der Waals surface area contributed by atoms with Crippen molar-refractivity contribution >= 4 is 23.0 Å². The summed E-state index contributed by atoms with van der Waals surface area (Å²) in [5.74, 6) is 3.50. The van der Waals surface area contributed by atoms with Crippen molar-refractivity contribution in [3.05, 3.63) is 122 Å². The minimum atomic E-state index is 0. The van der Waals surface area contributed by atoms with Gasteiger partial charge in [-0.15, -0.1) is 13.3 Å². The van der Waals surface area contributed by atoms with Crippen LogP contribution in [0.2, 0.25) is 0 Å². The fourth-order valence-corrected chi connectivity index (χ4v) is 5.56. The molecule has 5 rings (SSSR count). The van der Waals surface area contributed by atoms with Gasteiger partial charge in [0, 0.05) is 11.4 Å². The van der Waals surface area contributed by atoms with E-state index in [1.807, 2.05) is 0 Å². The van der Waals surface area contributed by atoms with Crippen LogP contribution in [0.5, 0.6) is 0 Å². The summed E-state index contributed by atoms with van der Waals surface area (Å²) in [5, 5.41) is 0. The van der Waals surface area contributed by atoms with E-state index in [2.05, 4.69) is 168 Å². The van der Waals surface area contributed by atoms with E-state index in [4.69, 9.17) is 4.98 Å². The first kappa shape index (κ1) is 33.3. The van der Waals surface area contributed by atoms with Crippen molar-refractivity contribution in [3.8, 4) is 0 Å². The molecule has 3 heterocycles. The summed E-state index contributed by atoms with van der Waals surface area (Å²) in [6, 6.07) is 19.6. The topological polar surface area (TPSA) is 25.9 Å². The number of aromatic nitrogens is 1. The first-order valence-corrected chi connectivity index (χ1v) is 14.6. The zero-order chi connectivity index (χ0) is 28.6. The van der Waals surface area contributed by atoms with Gasteiger partial charge in [0.05, 0.1) is 0 Å². The third-order valence-electron chi connectivity index (χ3n) is 7.72. The van der Waals surface area contributed by atoms with Crippen LogP contribution in [-0.2, 0) is 16.8 Å². The van der Waals surface area contributed by atoms with Gasteiger partial charge in [-0.1, -0.05) is 97.9 Å². The second-order valence-electron chi connectivity index (χ2n) is 12.0. The molecular weight excluding hydrogens is 561 g/mol. The summed E-state index contributed by atoms with van der Waals surface area (Å²) in [5.41, 5.74) is 7.98. The molecule has 2 aromatic carbocycles. The van der Waals surface area contributed by atoms with Gasteiger partial charge in [-0.05, 0) is 82.9 Å². The summed E-state index contributed by atoms with van der Waals surface area (Å²) < 4.78 is 0. The number of para-hydroxylation sites is 2. The Kier molecular flexibility index (Phi) is 11.0. The third kappa shape index (κ3) is 6.55. The van der Waals surface area contributed by atoms with Gasteiger partial charge in [-0.25, -0.2) is 4.98 Å². The predicted molar refractivity (Wildman–Crippen MR) is 177 cm³/mol. The molecule has 42 heavy (non-hydrogen) atoms. The summed E-state index contributed by atoms with van der Waals surface area (Å²) in [4.78, 5) is 13.8. The molecule has 224 valence electrons. The van der Waals surface area contributed by atoms with E-state index in [0.717, 1.165) is 11.6 Å². The molecule has 2 aliphatic heterocycles. The molecule has 0 saturated heterocycles. The molecule has 0 fully saturated rings. The average molecular weight is 608 g/mol.